The summed E-state index contributed by atoms with van der Waals surface area (Å²) in [7, 11) is 1.87. The summed E-state index contributed by atoms with van der Waals surface area (Å²) in [6.45, 7) is 6.04. The Morgan fingerprint density at radius 3 is 2.70 bits per heavy atom. The van der Waals surface area contributed by atoms with Gasteiger partial charge in [-0.3, -0.25) is 9.25 Å². The van der Waals surface area contributed by atoms with E-state index >= 15 is 0 Å². The van der Waals surface area contributed by atoms with Crippen LogP contribution in [0.25, 0.3) is 27.8 Å². The van der Waals surface area contributed by atoms with Gasteiger partial charge in [-0.05, 0) is 19.9 Å². The highest BCUT2D eigenvalue weighted by Crippen LogP contribution is 2.33. The normalized spacial score (nSPS) is 19.5. The fraction of sp³-hybridized carbons (Fsp3) is 0.318. The topological polar surface area (TPSA) is 63.8 Å². The summed E-state index contributed by atoms with van der Waals surface area (Å²) in [5.41, 5.74) is 2.91. The molecule has 8 heteroatoms. The molecule has 5 rings (SSSR count). The maximum absolute atomic E-state index is 14.6. The summed E-state index contributed by atoms with van der Waals surface area (Å²) >= 11 is 0. The minimum absolute atomic E-state index is 0.267. The van der Waals surface area contributed by atoms with Crippen LogP contribution in [0.2, 0.25) is 0 Å². The number of piperazine rings is 1. The smallest absolute Gasteiger partial charge is 0.227 e. The van der Waals surface area contributed by atoms with Crippen molar-refractivity contribution in [2.45, 2.75) is 25.9 Å². The van der Waals surface area contributed by atoms with Crippen LogP contribution in [0.5, 0.6) is 0 Å². The highest BCUT2D eigenvalue weighted by Gasteiger charge is 2.26. The molecule has 1 aliphatic rings. The monoisotopic (exact) mass is 405 g/mol. The maximum atomic E-state index is 14.6. The van der Waals surface area contributed by atoms with Crippen LogP contribution in [0.1, 0.15) is 13.8 Å². The molecule has 0 unspecified atom stereocenters. The van der Waals surface area contributed by atoms with E-state index in [-0.39, 0.29) is 11.9 Å². The molecule has 0 amide bonds. The van der Waals surface area contributed by atoms with Crippen molar-refractivity contribution in [3.05, 3.63) is 54.9 Å². The van der Waals surface area contributed by atoms with E-state index in [4.69, 9.17) is 4.98 Å². The average molecular weight is 405 g/mol. The number of hydrogen-bond acceptors (Lipinski definition) is 5. The molecule has 154 valence electrons. The lowest BCUT2D eigenvalue weighted by Gasteiger charge is -2.37. The molecule has 4 heterocycles. The molecule has 1 N–H and O–H groups in total. The van der Waals surface area contributed by atoms with Crippen molar-refractivity contribution in [3.8, 4) is 16.8 Å². The second-order valence-corrected chi connectivity index (χ2v) is 7.98. The fourth-order valence-corrected chi connectivity index (χ4v) is 4.06. The van der Waals surface area contributed by atoms with Gasteiger partial charge in [-0.2, -0.15) is 10.1 Å². The van der Waals surface area contributed by atoms with Gasteiger partial charge in [0.05, 0.1) is 11.9 Å². The first-order valence-electron chi connectivity index (χ1n) is 10.1. The second-order valence-electron chi connectivity index (χ2n) is 7.98. The van der Waals surface area contributed by atoms with Crippen molar-refractivity contribution in [2.75, 3.05) is 18.0 Å². The highest BCUT2D eigenvalue weighted by atomic mass is 19.1. The highest BCUT2D eigenvalue weighted by molar-refractivity contribution is 5.95. The number of rotatable bonds is 3. The zero-order valence-corrected chi connectivity index (χ0v) is 17.2. The summed E-state index contributed by atoms with van der Waals surface area (Å²) in [6.07, 6.45) is 7.43. The van der Waals surface area contributed by atoms with Gasteiger partial charge in [0, 0.05) is 67.3 Å². The van der Waals surface area contributed by atoms with Crippen LogP contribution in [0.15, 0.2) is 49.1 Å². The van der Waals surface area contributed by atoms with E-state index in [1.165, 1.54) is 6.07 Å². The first-order valence-corrected chi connectivity index (χ1v) is 10.1. The van der Waals surface area contributed by atoms with Gasteiger partial charge in [0.2, 0.25) is 5.95 Å². The lowest BCUT2D eigenvalue weighted by molar-refractivity contribution is 0.420. The molecule has 1 fully saturated rings. The summed E-state index contributed by atoms with van der Waals surface area (Å²) < 4.78 is 18.3. The Hall–Kier alpha value is -3.26. The van der Waals surface area contributed by atoms with Gasteiger partial charge in [-0.1, -0.05) is 18.2 Å². The summed E-state index contributed by atoms with van der Waals surface area (Å²) in [5.74, 6) is 0.419. The van der Waals surface area contributed by atoms with Crippen molar-refractivity contribution in [2.24, 2.45) is 7.05 Å². The number of aromatic nitrogens is 5. The number of benzene rings is 1. The third-order valence-corrected chi connectivity index (χ3v) is 5.69. The Balaban J connectivity index is 1.71. The van der Waals surface area contributed by atoms with E-state index in [2.05, 4.69) is 34.1 Å². The summed E-state index contributed by atoms with van der Waals surface area (Å²) in [5, 5.41) is 8.59. The third-order valence-electron chi connectivity index (χ3n) is 5.69. The number of fused-ring (bicyclic) bond motifs is 1. The van der Waals surface area contributed by atoms with E-state index in [9.17, 15) is 4.39 Å². The molecule has 2 atom stereocenters. The van der Waals surface area contributed by atoms with E-state index in [1.54, 1.807) is 23.0 Å². The first-order chi connectivity index (χ1) is 14.5. The molecule has 0 saturated carbocycles. The minimum Gasteiger partial charge on any atom is -0.335 e. The number of nitrogens with one attached hydrogen (secondary N) is 1. The predicted molar refractivity (Wildman–Crippen MR) is 115 cm³/mol. The van der Waals surface area contributed by atoms with Gasteiger partial charge >= 0.3 is 0 Å². The van der Waals surface area contributed by atoms with Crippen LogP contribution in [0.4, 0.5) is 10.3 Å². The molecule has 0 spiro atoms. The molecule has 7 nitrogen and oxygen atoms in total. The Kier molecular flexibility index (Phi) is 4.51. The lowest BCUT2D eigenvalue weighted by Crippen LogP contribution is -2.55. The predicted octanol–water partition coefficient (Wildman–Crippen LogP) is 3.15. The van der Waals surface area contributed by atoms with Crippen molar-refractivity contribution in [1.82, 2.24) is 29.6 Å². The quantitative estimate of drug-likeness (QED) is 0.567. The van der Waals surface area contributed by atoms with Gasteiger partial charge in [0.25, 0.3) is 0 Å². The first kappa shape index (κ1) is 18.7. The Morgan fingerprint density at radius 2 is 1.93 bits per heavy atom. The Bertz CT molecular complexity index is 1210. The largest absolute Gasteiger partial charge is 0.335 e. The van der Waals surface area contributed by atoms with Crippen molar-refractivity contribution in [1.29, 1.82) is 0 Å². The minimum atomic E-state index is -0.267. The van der Waals surface area contributed by atoms with Crippen LogP contribution in [0.3, 0.4) is 0 Å². The molecule has 0 bridgehead atoms. The molecule has 1 saturated heterocycles. The van der Waals surface area contributed by atoms with Crippen molar-refractivity contribution >= 4 is 17.0 Å². The van der Waals surface area contributed by atoms with Crippen LogP contribution < -0.4 is 10.2 Å². The van der Waals surface area contributed by atoms with Gasteiger partial charge in [0.1, 0.15) is 5.82 Å². The second kappa shape index (κ2) is 7.21. The Labute approximate surface area is 174 Å². The molecule has 4 aromatic rings. The maximum Gasteiger partial charge on any atom is 0.227 e. The van der Waals surface area contributed by atoms with E-state index in [0.29, 0.717) is 17.6 Å². The summed E-state index contributed by atoms with van der Waals surface area (Å²) in [4.78, 5) is 11.8. The van der Waals surface area contributed by atoms with E-state index in [0.717, 1.165) is 35.4 Å². The number of anilines is 1. The molecule has 30 heavy (non-hydrogen) atoms. The zero-order valence-electron chi connectivity index (χ0n) is 17.2. The zero-order chi connectivity index (χ0) is 20.8. The van der Waals surface area contributed by atoms with Crippen LogP contribution in [0, 0.1) is 5.82 Å². The molecule has 1 aliphatic heterocycles. The number of aryl methyl sites for hydroxylation is 1. The summed E-state index contributed by atoms with van der Waals surface area (Å²) in [6, 6.07) is 7.43. The van der Waals surface area contributed by atoms with Gasteiger partial charge in [0.15, 0.2) is 5.65 Å². The standard InChI is InChI=1S/C22H24FN7/c1-14-11-29(15(2)8-24-14)22-25-10-18-19(17-6-4-5-7-20(17)23)13-30(21(18)27-22)16-9-26-28(3)12-16/h4-7,9-10,12-15,24H,8,11H2,1-3H3/t14-,15+/m1/s1. The van der Waals surface area contributed by atoms with Crippen LogP contribution >= 0.6 is 0 Å². The van der Waals surface area contributed by atoms with Gasteiger partial charge in [-0.25, -0.2) is 9.37 Å². The molecule has 3 aromatic heterocycles. The van der Waals surface area contributed by atoms with Crippen LogP contribution in [-0.2, 0) is 7.05 Å². The number of nitrogens with zero attached hydrogens (tertiary/aromatic N) is 6. The molecular weight excluding hydrogens is 381 g/mol. The molecular formula is C22H24FN7. The molecule has 1 aromatic carbocycles. The SMILES string of the molecule is C[C@@H]1CN(c2ncc3c(-c4ccccc4F)cn(-c4cnn(C)c4)c3n2)[C@@H](C)CN1. The van der Waals surface area contributed by atoms with Crippen LogP contribution in [-0.4, -0.2) is 49.5 Å². The van der Waals surface area contributed by atoms with Crippen molar-refractivity contribution in [3.63, 3.8) is 0 Å². The van der Waals surface area contributed by atoms with E-state index in [1.807, 2.05) is 36.3 Å². The Morgan fingerprint density at radius 1 is 1.10 bits per heavy atom. The van der Waals surface area contributed by atoms with Gasteiger partial charge in [-0.15, -0.1) is 0 Å². The van der Waals surface area contributed by atoms with Crippen molar-refractivity contribution < 1.29 is 4.39 Å². The third kappa shape index (κ3) is 3.13. The average Bonchev–Trinajstić information content (AvgIpc) is 3.33. The lowest BCUT2D eigenvalue weighted by atomic mass is 10.1. The number of hydrogen-bond donors (Lipinski definition) is 1. The number of halogens is 1. The molecule has 0 radical (unpaired) electrons. The van der Waals surface area contributed by atoms with Gasteiger partial charge < -0.3 is 10.2 Å². The van der Waals surface area contributed by atoms with E-state index < -0.39 is 0 Å². The fourth-order valence-electron chi connectivity index (χ4n) is 4.06. The molecule has 0 aliphatic carbocycles.